The zero-order chi connectivity index (χ0) is 24.9. The van der Waals surface area contributed by atoms with Crippen LogP contribution >= 0.6 is 0 Å². The topological polar surface area (TPSA) is 168 Å². The molecule has 13 heteroatoms. The van der Waals surface area contributed by atoms with Crippen molar-refractivity contribution in [3.8, 4) is 0 Å². The molecule has 0 atom stereocenters. The zero-order valence-electron chi connectivity index (χ0n) is 18.3. The maximum atomic E-state index is 12.6. The number of hydrogen-bond donors (Lipinski definition) is 3. The molecule has 3 N–H and O–H groups in total. The molecule has 1 heterocycles. The molecule has 178 valence electrons. The normalized spacial score (nSPS) is 11.3. The molecule has 0 fully saturated rings. The van der Waals surface area contributed by atoms with Crippen LogP contribution in [0.3, 0.4) is 0 Å². The van der Waals surface area contributed by atoms with E-state index in [1.54, 1.807) is 13.8 Å². The molecular formula is C21H22N6O6S. The Labute approximate surface area is 195 Å². The van der Waals surface area contributed by atoms with Gasteiger partial charge in [-0.1, -0.05) is 13.8 Å². The first-order chi connectivity index (χ1) is 16.2. The van der Waals surface area contributed by atoms with Gasteiger partial charge in [-0.2, -0.15) is 4.31 Å². The summed E-state index contributed by atoms with van der Waals surface area (Å²) >= 11 is 0. The first kappa shape index (κ1) is 24.5. The molecule has 1 aromatic heterocycles. The summed E-state index contributed by atoms with van der Waals surface area (Å²) in [7, 11) is -3.64. The number of rotatable bonds is 10. The van der Waals surface area contributed by atoms with Gasteiger partial charge >= 0.3 is 11.7 Å². The van der Waals surface area contributed by atoms with Crippen molar-refractivity contribution >= 4 is 44.7 Å². The summed E-state index contributed by atoms with van der Waals surface area (Å²) in [5.41, 5.74) is 0.405. The summed E-state index contributed by atoms with van der Waals surface area (Å²) in [6, 6.07) is 11.4. The Morgan fingerprint density at radius 2 is 1.44 bits per heavy atom. The van der Waals surface area contributed by atoms with E-state index in [1.165, 1.54) is 52.8 Å². The Morgan fingerprint density at radius 1 is 0.971 bits per heavy atom. The Hall–Kier alpha value is -4.10. The molecule has 0 saturated carbocycles. The van der Waals surface area contributed by atoms with E-state index >= 15 is 0 Å². The number of anilines is 4. The molecule has 12 nitrogen and oxygen atoms in total. The van der Waals surface area contributed by atoms with Gasteiger partial charge in [0.2, 0.25) is 21.7 Å². The van der Waals surface area contributed by atoms with Crippen molar-refractivity contribution in [1.29, 1.82) is 0 Å². The van der Waals surface area contributed by atoms with Gasteiger partial charge in [0.15, 0.2) is 0 Å². The van der Waals surface area contributed by atoms with Crippen LogP contribution in [0.4, 0.5) is 28.7 Å². The van der Waals surface area contributed by atoms with E-state index in [9.17, 15) is 23.3 Å². The number of carbonyl (C=O) groups is 1. The van der Waals surface area contributed by atoms with Crippen LogP contribution in [0, 0.1) is 10.1 Å². The maximum absolute atomic E-state index is 12.6. The number of hydrogen-bond acceptors (Lipinski definition) is 9. The zero-order valence-corrected chi connectivity index (χ0v) is 19.1. The van der Waals surface area contributed by atoms with Crippen molar-refractivity contribution in [3.05, 3.63) is 70.5 Å². The number of nitro groups is 1. The number of sulfonamides is 1. The quantitative estimate of drug-likeness (QED) is 0.284. The van der Waals surface area contributed by atoms with Gasteiger partial charge in [-0.3, -0.25) is 10.1 Å². The number of nitrogens with one attached hydrogen (secondary N) is 2. The van der Waals surface area contributed by atoms with E-state index < -0.39 is 26.6 Å². The minimum atomic E-state index is -3.64. The van der Waals surface area contributed by atoms with Crippen LogP contribution < -0.4 is 10.6 Å². The number of aromatic nitrogens is 2. The standard InChI is InChI=1S/C21H22N6O6S/c1-3-26(4-2)34(32,33)17-11-9-16(10-12-17)25-20-18(27(30)31)19(22-13-23-20)24-15-7-5-14(6-8-15)21(28)29/h5-13H,3-4H2,1-2H3,(H,28,29)(H2,22,23,24,25). The molecule has 0 amide bonds. The van der Waals surface area contributed by atoms with Crippen LogP contribution in [0.15, 0.2) is 59.8 Å². The third kappa shape index (κ3) is 5.27. The monoisotopic (exact) mass is 486 g/mol. The number of nitrogens with zero attached hydrogens (tertiary/aromatic N) is 4. The Bertz CT molecular complexity index is 1290. The summed E-state index contributed by atoms with van der Waals surface area (Å²) in [5, 5.41) is 26.4. The average Bonchev–Trinajstić information content (AvgIpc) is 2.80. The average molecular weight is 487 g/mol. The fourth-order valence-electron chi connectivity index (χ4n) is 3.13. The van der Waals surface area contributed by atoms with E-state index in [2.05, 4.69) is 20.6 Å². The molecule has 34 heavy (non-hydrogen) atoms. The van der Waals surface area contributed by atoms with Crippen LogP contribution in [0.25, 0.3) is 0 Å². The fourth-order valence-corrected chi connectivity index (χ4v) is 4.59. The lowest BCUT2D eigenvalue weighted by Crippen LogP contribution is -2.30. The van der Waals surface area contributed by atoms with Gasteiger partial charge in [-0.15, -0.1) is 0 Å². The summed E-state index contributed by atoms with van der Waals surface area (Å²) in [6.45, 7) is 4.16. The number of benzene rings is 2. The van der Waals surface area contributed by atoms with Gasteiger partial charge in [0.05, 0.1) is 15.4 Å². The molecule has 0 saturated heterocycles. The van der Waals surface area contributed by atoms with Crippen molar-refractivity contribution < 1.29 is 23.2 Å². The lowest BCUT2D eigenvalue weighted by atomic mass is 10.2. The molecule has 3 aromatic rings. The van der Waals surface area contributed by atoms with E-state index in [-0.39, 0.29) is 22.1 Å². The smallest absolute Gasteiger partial charge is 0.353 e. The van der Waals surface area contributed by atoms with Crippen LogP contribution in [0.2, 0.25) is 0 Å². The predicted molar refractivity (Wildman–Crippen MR) is 125 cm³/mol. The third-order valence-electron chi connectivity index (χ3n) is 4.86. The third-order valence-corrected chi connectivity index (χ3v) is 6.92. The second kappa shape index (κ2) is 10.2. The highest BCUT2D eigenvalue weighted by Crippen LogP contribution is 2.33. The summed E-state index contributed by atoms with van der Waals surface area (Å²) in [5.74, 6) is -1.31. The number of carboxylic acids is 1. The predicted octanol–water partition coefficient (Wildman–Crippen LogP) is 3.60. The molecule has 0 aliphatic carbocycles. The van der Waals surface area contributed by atoms with Crippen LogP contribution in [-0.2, 0) is 10.0 Å². The molecule has 0 unspecified atom stereocenters. The van der Waals surface area contributed by atoms with E-state index in [1.807, 2.05) is 0 Å². The summed E-state index contributed by atoms with van der Waals surface area (Å²) in [6.07, 6.45) is 1.13. The van der Waals surface area contributed by atoms with E-state index in [0.29, 0.717) is 24.5 Å². The highest BCUT2D eigenvalue weighted by atomic mass is 32.2. The second-order valence-electron chi connectivity index (χ2n) is 6.92. The molecule has 0 aliphatic rings. The summed E-state index contributed by atoms with van der Waals surface area (Å²) in [4.78, 5) is 30.1. The first-order valence-corrected chi connectivity index (χ1v) is 11.6. The highest BCUT2D eigenvalue weighted by Gasteiger charge is 2.24. The van der Waals surface area contributed by atoms with Gasteiger partial charge in [-0.25, -0.2) is 23.2 Å². The molecule has 0 bridgehead atoms. The van der Waals surface area contributed by atoms with Crippen molar-refractivity contribution in [1.82, 2.24) is 14.3 Å². The number of aromatic carboxylic acids is 1. The SMILES string of the molecule is CCN(CC)S(=O)(=O)c1ccc(Nc2ncnc(Nc3ccc(C(=O)O)cc3)c2[N+](=O)[O-])cc1. The van der Waals surface area contributed by atoms with E-state index in [4.69, 9.17) is 5.11 Å². The van der Waals surface area contributed by atoms with Crippen molar-refractivity contribution in [2.45, 2.75) is 18.7 Å². The van der Waals surface area contributed by atoms with Gasteiger partial charge in [0, 0.05) is 24.5 Å². The molecule has 0 spiro atoms. The van der Waals surface area contributed by atoms with Crippen molar-refractivity contribution in [2.24, 2.45) is 0 Å². The molecular weight excluding hydrogens is 464 g/mol. The van der Waals surface area contributed by atoms with Crippen molar-refractivity contribution in [2.75, 3.05) is 23.7 Å². The minimum Gasteiger partial charge on any atom is -0.478 e. The highest BCUT2D eigenvalue weighted by molar-refractivity contribution is 7.89. The van der Waals surface area contributed by atoms with Crippen molar-refractivity contribution in [3.63, 3.8) is 0 Å². The Kier molecular flexibility index (Phi) is 7.38. The van der Waals surface area contributed by atoms with Gasteiger partial charge in [0.1, 0.15) is 6.33 Å². The second-order valence-corrected chi connectivity index (χ2v) is 8.86. The maximum Gasteiger partial charge on any atom is 0.353 e. The minimum absolute atomic E-state index is 0.0662. The molecule has 2 aromatic carbocycles. The lowest BCUT2D eigenvalue weighted by Gasteiger charge is -2.18. The van der Waals surface area contributed by atoms with Gasteiger partial charge < -0.3 is 15.7 Å². The molecule has 0 aliphatic heterocycles. The molecule has 0 radical (unpaired) electrons. The Morgan fingerprint density at radius 3 is 1.85 bits per heavy atom. The van der Waals surface area contributed by atoms with Crippen LogP contribution in [-0.4, -0.2) is 51.8 Å². The first-order valence-electron chi connectivity index (χ1n) is 10.1. The largest absolute Gasteiger partial charge is 0.478 e. The van der Waals surface area contributed by atoms with Gasteiger partial charge in [-0.05, 0) is 48.5 Å². The summed E-state index contributed by atoms with van der Waals surface area (Å²) < 4.78 is 26.6. The fraction of sp³-hybridized carbons (Fsp3) is 0.190. The lowest BCUT2D eigenvalue weighted by molar-refractivity contribution is -0.383. The van der Waals surface area contributed by atoms with E-state index in [0.717, 1.165) is 6.33 Å². The van der Waals surface area contributed by atoms with Crippen LogP contribution in [0.5, 0.6) is 0 Å². The van der Waals surface area contributed by atoms with Gasteiger partial charge in [0.25, 0.3) is 0 Å². The van der Waals surface area contributed by atoms with Crippen LogP contribution in [0.1, 0.15) is 24.2 Å². The Balaban J connectivity index is 1.88. The number of carboxylic acid groups (broad SMARTS) is 1. The molecule has 3 rings (SSSR count).